The minimum atomic E-state index is -2.58. The first-order chi connectivity index (χ1) is 19.5. The number of alkyl halides is 2. The number of nitrogens with zero attached hydrogens (tertiary/aromatic N) is 5. The van der Waals surface area contributed by atoms with Crippen molar-refractivity contribution in [1.82, 2.24) is 19.3 Å². The number of carbonyl (C=O) groups is 1. The molecule has 0 radical (unpaired) electrons. The lowest BCUT2D eigenvalue weighted by Gasteiger charge is -2.31. The normalized spacial score (nSPS) is 13.6. The molecule has 0 bridgehead atoms. The van der Waals surface area contributed by atoms with Crippen LogP contribution in [0.3, 0.4) is 0 Å². The Balaban J connectivity index is 1.50. The van der Waals surface area contributed by atoms with Gasteiger partial charge in [0.1, 0.15) is 6.54 Å². The molecular formula is C29H30F2N6O4. The highest BCUT2D eigenvalue weighted by molar-refractivity contribution is 6.09. The van der Waals surface area contributed by atoms with E-state index < -0.39 is 30.7 Å². The molecule has 2 aromatic heterocycles. The van der Waals surface area contributed by atoms with Crippen LogP contribution in [0.1, 0.15) is 40.9 Å². The second-order valence-electron chi connectivity index (χ2n) is 10.5. The van der Waals surface area contributed by atoms with Crippen LogP contribution in [0.25, 0.3) is 11.3 Å². The van der Waals surface area contributed by atoms with Crippen molar-refractivity contribution >= 4 is 23.1 Å². The molecule has 3 N–H and O–H groups in total. The minimum absolute atomic E-state index is 0.0542. The first kappa shape index (κ1) is 28.1. The third kappa shape index (κ3) is 5.61. The Bertz CT molecular complexity index is 1670. The quantitative estimate of drug-likeness (QED) is 0.299. The van der Waals surface area contributed by atoms with Gasteiger partial charge in [0.2, 0.25) is 0 Å². The highest BCUT2D eigenvalue weighted by Crippen LogP contribution is 2.34. The van der Waals surface area contributed by atoms with E-state index in [9.17, 15) is 28.6 Å². The van der Waals surface area contributed by atoms with E-state index in [1.165, 1.54) is 23.2 Å². The van der Waals surface area contributed by atoms with Gasteiger partial charge in [0.25, 0.3) is 17.9 Å². The molecule has 12 heteroatoms. The Kier molecular flexibility index (Phi) is 7.45. The molecule has 41 heavy (non-hydrogen) atoms. The molecule has 2 aromatic carbocycles. The van der Waals surface area contributed by atoms with Gasteiger partial charge < -0.3 is 25.0 Å². The third-order valence-electron chi connectivity index (χ3n) is 7.06. The fourth-order valence-corrected chi connectivity index (χ4v) is 4.96. The number of anilines is 3. The summed E-state index contributed by atoms with van der Waals surface area (Å²) in [6.07, 6.45) is 2.18. The van der Waals surface area contributed by atoms with Crippen LogP contribution in [0.4, 0.5) is 26.0 Å². The monoisotopic (exact) mass is 564 g/mol. The molecule has 0 atom stereocenters. The number of aliphatic hydroxyl groups is 2. The topological polar surface area (TPSA) is 126 Å². The van der Waals surface area contributed by atoms with Crippen molar-refractivity contribution in [3.8, 4) is 11.3 Å². The largest absolute Gasteiger partial charge is 0.392 e. The van der Waals surface area contributed by atoms with Crippen molar-refractivity contribution in [2.45, 2.75) is 45.4 Å². The summed E-state index contributed by atoms with van der Waals surface area (Å²) in [5, 5.41) is 27.5. The van der Waals surface area contributed by atoms with Crippen LogP contribution in [0.15, 0.2) is 59.8 Å². The van der Waals surface area contributed by atoms with Crippen molar-refractivity contribution < 1.29 is 23.8 Å². The van der Waals surface area contributed by atoms with Gasteiger partial charge in [-0.15, -0.1) is 0 Å². The van der Waals surface area contributed by atoms with E-state index >= 15 is 0 Å². The van der Waals surface area contributed by atoms with Crippen molar-refractivity contribution in [2.75, 3.05) is 16.8 Å². The smallest absolute Gasteiger partial charge is 0.293 e. The van der Waals surface area contributed by atoms with Crippen molar-refractivity contribution in [2.24, 2.45) is 7.05 Å². The van der Waals surface area contributed by atoms with Gasteiger partial charge >= 0.3 is 0 Å². The molecule has 10 nitrogen and oxygen atoms in total. The molecule has 0 unspecified atom stereocenters. The van der Waals surface area contributed by atoms with Crippen LogP contribution >= 0.6 is 0 Å². The zero-order chi connectivity index (χ0) is 29.5. The maximum atomic E-state index is 13.6. The van der Waals surface area contributed by atoms with Crippen molar-refractivity contribution in [3.05, 3.63) is 87.6 Å². The molecule has 0 aliphatic carbocycles. The van der Waals surface area contributed by atoms with Gasteiger partial charge in [0.15, 0.2) is 5.82 Å². The summed E-state index contributed by atoms with van der Waals surface area (Å²) in [4.78, 5) is 32.5. The van der Waals surface area contributed by atoms with Gasteiger partial charge in [-0.2, -0.15) is 5.10 Å². The number of hydrogen-bond donors (Lipinski definition) is 3. The van der Waals surface area contributed by atoms with Gasteiger partial charge in [0, 0.05) is 42.7 Å². The summed E-state index contributed by atoms with van der Waals surface area (Å²) in [7, 11) is 1.55. The lowest BCUT2D eigenvalue weighted by atomic mass is 9.90. The van der Waals surface area contributed by atoms with Crippen LogP contribution < -0.4 is 15.8 Å². The molecule has 214 valence electrons. The van der Waals surface area contributed by atoms with Crippen LogP contribution in [-0.4, -0.2) is 48.4 Å². The van der Waals surface area contributed by atoms with Gasteiger partial charge in [0.05, 0.1) is 35.5 Å². The van der Waals surface area contributed by atoms with Crippen LogP contribution in [0.2, 0.25) is 0 Å². The number of aryl methyl sites for hydroxylation is 1. The average Bonchev–Trinajstić information content (AvgIpc) is 3.36. The number of hydrogen-bond acceptors (Lipinski definition) is 7. The fraction of sp³-hybridized carbons (Fsp3) is 0.310. The van der Waals surface area contributed by atoms with E-state index in [1.807, 2.05) is 6.07 Å². The van der Waals surface area contributed by atoms with E-state index in [-0.39, 0.29) is 11.7 Å². The first-order valence-corrected chi connectivity index (χ1v) is 13.0. The summed E-state index contributed by atoms with van der Waals surface area (Å²) >= 11 is 0. The molecule has 1 aliphatic heterocycles. The average molecular weight is 565 g/mol. The number of aromatic nitrogens is 4. The predicted octanol–water partition coefficient (Wildman–Crippen LogP) is 3.58. The standard InChI is InChI=1S/C29H30F2N6O4/c1-29(2,41)18-7-8-20-17(11-18)9-10-37(27(20)39)24-6-4-5-21(22(24)16-38)23-14-35(3)28(40)26(34-23)33-19-12-32-36(13-19)15-25(30)31/h4-8,11-14,25,38,41H,9-10,15-16H2,1-3H3,(H,33,34). The van der Waals surface area contributed by atoms with Gasteiger partial charge in [-0.05, 0) is 43.5 Å². The van der Waals surface area contributed by atoms with E-state index in [0.717, 1.165) is 15.8 Å². The molecule has 4 aromatic rings. The van der Waals surface area contributed by atoms with Gasteiger partial charge in [-0.1, -0.05) is 24.3 Å². The van der Waals surface area contributed by atoms with Gasteiger partial charge in [-0.25, -0.2) is 13.8 Å². The second kappa shape index (κ2) is 10.9. The van der Waals surface area contributed by atoms with Crippen molar-refractivity contribution in [3.63, 3.8) is 0 Å². The molecule has 3 heterocycles. The van der Waals surface area contributed by atoms with Gasteiger partial charge in [-0.3, -0.25) is 14.3 Å². The number of fused-ring (bicyclic) bond motifs is 1. The van der Waals surface area contributed by atoms with Crippen molar-refractivity contribution in [1.29, 1.82) is 0 Å². The number of amides is 1. The number of benzene rings is 2. The molecule has 5 rings (SSSR count). The summed E-state index contributed by atoms with van der Waals surface area (Å²) < 4.78 is 27.8. The molecular weight excluding hydrogens is 534 g/mol. The maximum Gasteiger partial charge on any atom is 0.293 e. The SMILES string of the molecule is Cn1cc(-c2cccc(N3CCc4cc(C(C)(C)O)ccc4C3=O)c2CO)nc(Nc2cnn(CC(F)F)c2)c1=O. The van der Waals surface area contributed by atoms with E-state index in [4.69, 9.17) is 0 Å². The van der Waals surface area contributed by atoms with E-state index in [2.05, 4.69) is 15.4 Å². The Hall–Kier alpha value is -4.42. The Morgan fingerprint density at radius 2 is 1.90 bits per heavy atom. The lowest BCUT2D eigenvalue weighted by molar-refractivity contribution is 0.0783. The molecule has 1 amide bonds. The van der Waals surface area contributed by atoms with E-state index in [1.54, 1.807) is 56.1 Å². The zero-order valence-electron chi connectivity index (χ0n) is 22.8. The maximum absolute atomic E-state index is 13.6. The predicted molar refractivity (Wildman–Crippen MR) is 149 cm³/mol. The first-order valence-electron chi connectivity index (χ1n) is 13.0. The number of rotatable bonds is 8. The summed E-state index contributed by atoms with van der Waals surface area (Å²) in [5.41, 5.74) is 2.79. The lowest BCUT2D eigenvalue weighted by Crippen LogP contribution is -2.38. The summed E-state index contributed by atoms with van der Waals surface area (Å²) in [6, 6.07) is 10.6. The van der Waals surface area contributed by atoms with E-state index in [0.29, 0.717) is 46.7 Å². The molecule has 0 saturated heterocycles. The highest BCUT2D eigenvalue weighted by atomic mass is 19.3. The number of carbonyl (C=O) groups excluding carboxylic acids is 1. The van der Waals surface area contributed by atoms with Crippen LogP contribution in [0, 0.1) is 0 Å². The van der Waals surface area contributed by atoms with Crippen LogP contribution in [-0.2, 0) is 32.2 Å². The second-order valence-corrected chi connectivity index (χ2v) is 10.5. The molecule has 1 aliphatic rings. The summed E-state index contributed by atoms with van der Waals surface area (Å²) in [5.74, 6) is -0.279. The molecule has 0 spiro atoms. The number of nitrogens with one attached hydrogen (secondary N) is 1. The Labute approximate surface area is 234 Å². The molecule has 0 fully saturated rings. The van der Waals surface area contributed by atoms with Crippen LogP contribution in [0.5, 0.6) is 0 Å². The summed E-state index contributed by atoms with van der Waals surface area (Å²) in [6.45, 7) is 2.78. The zero-order valence-corrected chi connectivity index (χ0v) is 22.8. The fourth-order valence-electron chi connectivity index (χ4n) is 4.96. The minimum Gasteiger partial charge on any atom is -0.392 e. The third-order valence-corrected chi connectivity index (χ3v) is 7.06. The number of halogens is 2. The molecule has 0 saturated carbocycles. The Morgan fingerprint density at radius 1 is 1.12 bits per heavy atom. The highest BCUT2D eigenvalue weighted by Gasteiger charge is 2.29. The number of aliphatic hydroxyl groups excluding tert-OH is 1. The Morgan fingerprint density at radius 3 is 2.61 bits per heavy atom.